The van der Waals surface area contributed by atoms with Crippen LogP contribution >= 0.6 is 11.3 Å². The third-order valence-corrected chi connectivity index (χ3v) is 9.48. The number of nitrogens with zero attached hydrogens (tertiary/aromatic N) is 1. The van der Waals surface area contributed by atoms with Crippen molar-refractivity contribution in [3.05, 3.63) is 45.8 Å². The molecule has 1 fully saturated rings. The van der Waals surface area contributed by atoms with Gasteiger partial charge in [0.15, 0.2) is 0 Å². The highest BCUT2D eigenvalue weighted by Gasteiger charge is 2.28. The van der Waals surface area contributed by atoms with Gasteiger partial charge in [-0.1, -0.05) is 6.42 Å². The number of carbonyl (C=O) groups excluding carboxylic acids is 2. The fourth-order valence-electron chi connectivity index (χ4n) is 4.56. The van der Waals surface area contributed by atoms with Crippen LogP contribution in [0.2, 0.25) is 0 Å². The number of hydrogen-bond acceptors (Lipinski definition) is 7. The van der Waals surface area contributed by atoms with E-state index in [0.29, 0.717) is 29.3 Å². The number of benzene rings is 1. The maximum Gasteiger partial charge on any atom is 0.341 e. The summed E-state index contributed by atoms with van der Waals surface area (Å²) in [6.07, 6.45) is 6.54. The number of carbonyl (C=O) groups is 2. The van der Waals surface area contributed by atoms with Crippen LogP contribution in [0, 0.1) is 0 Å². The molecule has 2 heterocycles. The summed E-state index contributed by atoms with van der Waals surface area (Å²) in [6.45, 7) is 2.97. The molecule has 35 heavy (non-hydrogen) atoms. The monoisotopic (exact) mass is 520 g/mol. The molecule has 2 aromatic rings. The first-order chi connectivity index (χ1) is 16.8. The van der Waals surface area contributed by atoms with E-state index in [4.69, 9.17) is 9.47 Å². The van der Waals surface area contributed by atoms with E-state index in [1.54, 1.807) is 6.92 Å². The Morgan fingerprint density at radius 3 is 2.57 bits per heavy atom. The summed E-state index contributed by atoms with van der Waals surface area (Å²) in [5.74, 6) is -0.818. The molecule has 1 unspecified atom stereocenters. The van der Waals surface area contributed by atoms with Gasteiger partial charge in [0.2, 0.25) is 10.0 Å². The minimum Gasteiger partial charge on any atom is -0.462 e. The maximum absolute atomic E-state index is 13.0. The number of nitrogens with one attached hydrogen (secondary N) is 1. The van der Waals surface area contributed by atoms with Crippen LogP contribution in [0.25, 0.3) is 0 Å². The predicted octanol–water partition coefficient (Wildman–Crippen LogP) is 4.25. The Morgan fingerprint density at radius 2 is 1.89 bits per heavy atom. The van der Waals surface area contributed by atoms with Crippen molar-refractivity contribution in [1.29, 1.82) is 0 Å². The molecule has 1 aliphatic heterocycles. The van der Waals surface area contributed by atoms with Crippen molar-refractivity contribution in [3.8, 4) is 0 Å². The second-order valence-corrected chi connectivity index (χ2v) is 12.0. The predicted molar refractivity (Wildman–Crippen MR) is 135 cm³/mol. The minimum absolute atomic E-state index is 0.0886. The Labute approximate surface area is 210 Å². The van der Waals surface area contributed by atoms with E-state index in [-0.39, 0.29) is 17.6 Å². The number of anilines is 1. The van der Waals surface area contributed by atoms with E-state index < -0.39 is 21.9 Å². The molecule has 1 aromatic carbocycles. The third kappa shape index (κ3) is 5.77. The summed E-state index contributed by atoms with van der Waals surface area (Å²) in [5, 5.41) is 3.37. The van der Waals surface area contributed by atoms with E-state index in [2.05, 4.69) is 5.32 Å². The molecule has 1 aromatic heterocycles. The lowest BCUT2D eigenvalue weighted by atomic mass is 10.1. The Morgan fingerprint density at radius 1 is 1.14 bits per heavy atom. The summed E-state index contributed by atoms with van der Waals surface area (Å²) >= 11 is 1.43. The van der Waals surface area contributed by atoms with E-state index >= 15 is 0 Å². The molecule has 190 valence electrons. The van der Waals surface area contributed by atoms with Crippen LogP contribution in [0.4, 0.5) is 5.00 Å². The highest BCUT2D eigenvalue weighted by Crippen LogP contribution is 2.38. The highest BCUT2D eigenvalue weighted by molar-refractivity contribution is 7.89. The molecular weight excluding hydrogens is 488 g/mol. The van der Waals surface area contributed by atoms with Crippen LogP contribution in [-0.4, -0.2) is 57.5 Å². The van der Waals surface area contributed by atoms with Crippen LogP contribution in [-0.2, 0) is 32.3 Å². The summed E-state index contributed by atoms with van der Waals surface area (Å²) in [5.41, 5.74) is 1.75. The lowest BCUT2D eigenvalue weighted by Gasteiger charge is -2.20. The van der Waals surface area contributed by atoms with E-state index in [1.807, 2.05) is 0 Å². The second kappa shape index (κ2) is 11.2. The number of fused-ring (bicyclic) bond motifs is 1. The van der Waals surface area contributed by atoms with Crippen molar-refractivity contribution >= 4 is 38.2 Å². The Bertz CT molecular complexity index is 1170. The van der Waals surface area contributed by atoms with Crippen LogP contribution in [0.3, 0.4) is 0 Å². The molecule has 0 bridgehead atoms. The summed E-state index contributed by atoms with van der Waals surface area (Å²) in [4.78, 5) is 27.0. The zero-order valence-corrected chi connectivity index (χ0v) is 21.8. The van der Waals surface area contributed by atoms with Crippen molar-refractivity contribution in [3.63, 3.8) is 0 Å². The molecule has 8 nitrogen and oxygen atoms in total. The lowest BCUT2D eigenvalue weighted by Crippen LogP contribution is -2.34. The molecule has 0 radical (unpaired) electrons. The average molecular weight is 521 g/mol. The van der Waals surface area contributed by atoms with Gasteiger partial charge in [-0.2, -0.15) is 4.31 Å². The highest BCUT2D eigenvalue weighted by atomic mass is 32.2. The van der Waals surface area contributed by atoms with Gasteiger partial charge in [-0.25, -0.2) is 13.2 Å². The number of ether oxygens (including phenoxy) is 2. The van der Waals surface area contributed by atoms with Crippen molar-refractivity contribution < 1.29 is 27.5 Å². The number of rotatable bonds is 8. The smallest absolute Gasteiger partial charge is 0.341 e. The number of hydrogen-bond donors (Lipinski definition) is 1. The third-order valence-electron chi connectivity index (χ3n) is 6.44. The van der Waals surface area contributed by atoms with Gasteiger partial charge in [0.25, 0.3) is 5.91 Å². The molecule has 4 rings (SSSR count). The summed E-state index contributed by atoms with van der Waals surface area (Å²) in [7, 11) is -2.16. The maximum atomic E-state index is 13.0. The van der Waals surface area contributed by atoms with Crippen LogP contribution in [0.15, 0.2) is 29.2 Å². The zero-order chi connectivity index (χ0) is 25.0. The SMILES string of the molecule is CCOC(=O)c1c(NC(=O)c2ccc(S(=O)(=O)N(C)CC3CCCO3)cc2)sc2c1CCCCC2. The molecule has 0 spiro atoms. The largest absolute Gasteiger partial charge is 0.462 e. The molecule has 1 aliphatic carbocycles. The number of thiophene rings is 1. The van der Waals surface area contributed by atoms with Gasteiger partial charge < -0.3 is 14.8 Å². The topological polar surface area (TPSA) is 102 Å². The van der Waals surface area contributed by atoms with Gasteiger partial charge in [-0.3, -0.25) is 4.79 Å². The van der Waals surface area contributed by atoms with E-state index in [0.717, 1.165) is 55.4 Å². The first-order valence-electron chi connectivity index (χ1n) is 12.1. The van der Waals surface area contributed by atoms with Gasteiger partial charge >= 0.3 is 5.97 Å². The molecule has 0 saturated carbocycles. The molecule has 1 atom stereocenters. The van der Waals surface area contributed by atoms with Gasteiger partial charge in [-0.15, -0.1) is 11.3 Å². The fourth-order valence-corrected chi connectivity index (χ4v) is 7.03. The fraction of sp³-hybridized carbons (Fsp3) is 0.520. The quantitative estimate of drug-likeness (QED) is 0.413. The van der Waals surface area contributed by atoms with Crippen LogP contribution in [0.1, 0.15) is 70.2 Å². The van der Waals surface area contributed by atoms with Gasteiger partial charge in [0.05, 0.1) is 23.2 Å². The number of amides is 1. The Hall–Kier alpha value is -2.27. The van der Waals surface area contributed by atoms with Crippen molar-refractivity contribution in [2.75, 3.05) is 32.1 Å². The minimum atomic E-state index is -3.70. The lowest BCUT2D eigenvalue weighted by molar-refractivity contribution is 0.0526. The molecule has 2 aliphatic rings. The van der Waals surface area contributed by atoms with Gasteiger partial charge in [-0.05, 0) is 75.3 Å². The van der Waals surface area contributed by atoms with Crippen molar-refractivity contribution in [2.24, 2.45) is 0 Å². The molecule has 1 saturated heterocycles. The normalized spacial score (nSPS) is 18.2. The first kappa shape index (κ1) is 25.8. The van der Waals surface area contributed by atoms with Gasteiger partial charge in [0, 0.05) is 30.6 Å². The number of likely N-dealkylation sites (N-methyl/N-ethyl adjacent to an activating group) is 1. The standard InChI is InChI=1S/C25H32N2O6S2/c1-3-32-25(29)22-20-9-5-4-6-10-21(20)34-24(22)26-23(28)17-11-13-19(14-12-17)35(30,31)27(2)16-18-8-7-15-33-18/h11-14,18H,3-10,15-16H2,1-2H3,(H,26,28). The zero-order valence-electron chi connectivity index (χ0n) is 20.2. The molecule has 10 heteroatoms. The Kier molecular flexibility index (Phi) is 8.26. The number of sulfonamides is 1. The molecular formula is C25H32N2O6S2. The number of esters is 1. The van der Waals surface area contributed by atoms with Gasteiger partial charge in [0.1, 0.15) is 5.00 Å². The van der Waals surface area contributed by atoms with E-state index in [1.165, 1.54) is 47.0 Å². The van der Waals surface area contributed by atoms with Crippen LogP contribution < -0.4 is 5.32 Å². The van der Waals surface area contributed by atoms with E-state index in [9.17, 15) is 18.0 Å². The first-order valence-corrected chi connectivity index (χ1v) is 14.4. The van der Waals surface area contributed by atoms with Crippen molar-refractivity contribution in [1.82, 2.24) is 4.31 Å². The number of aryl methyl sites for hydroxylation is 1. The Balaban J connectivity index is 1.51. The average Bonchev–Trinajstić information content (AvgIpc) is 3.40. The summed E-state index contributed by atoms with van der Waals surface area (Å²) < 4.78 is 38.0. The molecule has 1 amide bonds. The summed E-state index contributed by atoms with van der Waals surface area (Å²) in [6, 6.07) is 5.85. The van der Waals surface area contributed by atoms with Crippen LogP contribution in [0.5, 0.6) is 0 Å². The van der Waals surface area contributed by atoms with Crippen molar-refractivity contribution in [2.45, 2.75) is 62.9 Å². The second-order valence-electron chi connectivity index (χ2n) is 8.89. The molecule has 1 N–H and O–H groups in total.